The van der Waals surface area contributed by atoms with E-state index in [1.807, 2.05) is 29.1 Å². The lowest BCUT2D eigenvalue weighted by Gasteiger charge is -2.31. The Kier molecular flexibility index (Phi) is 4.34. The van der Waals surface area contributed by atoms with E-state index in [1.165, 1.54) is 5.56 Å². The molecule has 3 nitrogen and oxygen atoms in total. The van der Waals surface area contributed by atoms with Crippen LogP contribution >= 0.6 is 0 Å². The first-order chi connectivity index (χ1) is 9.78. The molecular weight excluding hydrogens is 274 g/mol. The summed E-state index contributed by atoms with van der Waals surface area (Å²) in [5, 5.41) is 8.58. The summed E-state index contributed by atoms with van der Waals surface area (Å²) in [6, 6.07) is 10.3. The maximum absolute atomic E-state index is 4.16. The van der Waals surface area contributed by atoms with Crippen molar-refractivity contribution in [3.8, 4) is 11.5 Å². The molecule has 1 heterocycles. The third-order valence-corrected chi connectivity index (χ3v) is 8.60. The van der Waals surface area contributed by atoms with E-state index in [-0.39, 0.29) is 5.04 Å². The molecule has 2 aromatic rings. The van der Waals surface area contributed by atoms with Crippen LogP contribution in [0.4, 0.5) is 0 Å². The molecule has 0 radical (unpaired) electrons. The molecule has 0 N–H and O–H groups in total. The van der Waals surface area contributed by atoms with E-state index < -0.39 is 8.07 Å². The highest BCUT2D eigenvalue weighted by Crippen LogP contribution is 2.35. The summed E-state index contributed by atoms with van der Waals surface area (Å²) < 4.78 is 1.84. The SMILES string of the molecule is CC(C)(C)[Si](C)(C)C#Cc1cn(Cc2ccccc2)nn1. The molecule has 0 aliphatic heterocycles. The van der Waals surface area contributed by atoms with Gasteiger partial charge in [-0.3, -0.25) is 0 Å². The summed E-state index contributed by atoms with van der Waals surface area (Å²) >= 11 is 0. The van der Waals surface area contributed by atoms with E-state index in [2.05, 4.69) is 67.8 Å². The third kappa shape index (κ3) is 4.05. The Morgan fingerprint density at radius 3 is 2.43 bits per heavy atom. The normalized spacial score (nSPS) is 11.9. The summed E-state index contributed by atoms with van der Waals surface area (Å²) in [6.07, 6.45) is 1.92. The Balaban J connectivity index is 2.12. The van der Waals surface area contributed by atoms with Crippen LogP contribution in [0.2, 0.25) is 18.1 Å². The van der Waals surface area contributed by atoms with E-state index in [9.17, 15) is 0 Å². The second kappa shape index (κ2) is 5.86. The molecule has 0 saturated heterocycles. The van der Waals surface area contributed by atoms with Gasteiger partial charge in [-0.1, -0.05) is 75.3 Å². The topological polar surface area (TPSA) is 30.7 Å². The predicted molar refractivity (Wildman–Crippen MR) is 89.6 cm³/mol. The molecule has 0 fully saturated rings. The van der Waals surface area contributed by atoms with Gasteiger partial charge in [0, 0.05) is 0 Å². The molecule has 0 amide bonds. The molecule has 2 rings (SSSR count). The van der Waals surface area contributed by atoms with E-state index in [4.69, 9.17) is 0 Å². The molecule has 0 saturated carbocycles. The van der Waals surface area contributed by atoms with E-state index in [1.54, 1.807) is 0 Å². The Labute approximate surface area is 128 Å². The average Bonchev–Trinajstić information content (AvgIpc) is 2.84. The first-order valence-corrected chi connectivity index (χ1v) is 10.3. The fourth-order valence-corrected chi connectivity index (χ4v) is 2.43. The lowest BCUT2D eigenvalue weighted by Crippen LogP contribution is -2.35. The van der Waals surface area contributed by atoms with Crippen molar-refractivity contribution in [1.29, 1.82) is 0 Å². The predicted octanol–water partition coefficient (Wildman–Crippen LogP) is 3.73. The van der Waals surface area contributed by atoms with Crippen LogP contribution in [0.3, 0.4) is 0 Å². The Morgan fingerprint density at radius 2 is 1.81 bits per heavy atom. The summed E-state index contributed by atoms with van der Waals surface area (Å²) in [7, 11) is -1.59. The van der Waals surface area contributed by atoms with Gasteiger partial charge in [0.25, 0.3) is 0 Å². The van der Waals surface area contributed by atoms with Crippen molar-refractivity contribution in [2.24, 2.45) is 0 Å². The number of aromatic nitrogens is 3. The molecule has 1 aromatic heterocycles. The minimum atomic E-state index is -1.59. The van der Waals surface area contributed by atoms with Gasteiger partial charge < -0.3 is 0 Å². The summed E-state index contributed by atoms with van der Waals surface area (Å²) in [6.45, 7) is 12.1. The van der Waals surface area contributed by atoms with Crippen LogP contribution in [0.5, 0.6) is 0 Å². The zero-order valence-electron chi connectivity index (χ0n) is 13.5. The van der Waals surface area contributed by atoms with E-state index >= 15 is 0 Å². The zero-order valence-corrected chi connectivity index (χ0v) is 14.5. The molecule has 0 aliphatic carbocycles. The fourth-order valence-electron chi connectivity index (χ4n) is 1.61. The van der Waals surface area contributed by atoms with Crippen molar-refractivity contribution < 1.29 is 0 Å². The van der Waals surface area contributed by atoms with Gasteiger partial charge in [0.2, 0.25) is 0 Å². The van der Waals surface area contributed by atoms with Crippen molar-refractivity contribution in [1.82, 2.24) is 15.0 Å². The second-order valence-corrected chi connectivity index (χ2v) is 11.9. The molecular formula is C17H23N3Si. The summed E-state index contributed by atoms with van der Waals surface area (Å²) in [5.74, 6) is 3.21. The maximum atomic E-state index is 4.16. The van der Waals surface area contributed by atoms with Gasteiger partial charge in [-0.2, -0.15) is 0 Å². The highest BCUT2D eigenvalue weighted by Gasteiger charge is 2.33. The highest BCUT2D eigenvalue weighted by atomic mass is 28.3. The van der Waals surface area contributed by atoms with Gasteiger partial charge >= 0.3 is 0 Å². The van der Waals surface area contributed by atoms with Crippen molar-refractivity contribution in [3.63, 3.8) is 0 Å². The second-order valence-electron chi connectivity index (χ2n) is 6.91. The van der Waals surface area contributed by atoms with Crippen molar-refractivity contribution in [2.45, 2.75) is 45.4 Å². The van der Waals surface area contributed by atoms with Gasteiger partial charge in [-0.05, 0) is 10.6 Å². The monoisotopic (exact) mass is 297 g/mol. The highest BCUT2D eigenvalue weighted by molar-refractivity contribution is 6.87. The fraction of sp³-hybridized carbons (Fsp3) is 0.412. The molecule has 0 atom stereocenters. The number of rotatable bonds is 2. The Bertz CT molecular complexity index is 655. The van der Waals surface area contributed by atoms with E-state index in [0.717, 1.165) is 12.2 Å². The smallest absolute Gasteiger partial charge is 0.154 e. The first kappa shape index (κ1) is 15.5. The molecule has 0 aliphatic rings. The zero-order chi connectivity index (χ0) is 15.5. The first-order valence-electron chi connectivity index (χ1n) is 7.25. The third-order valence-electron chi connectivity index (χ3n) is 4.10. The minimum absolute atomic E-state index is 0.264. The van der Waals surface area contributed by atoms with E-state index in [0.29, 0.717) is 0 Å². The van der Waals surface area contributed by atoms with Gasteiger partial charge in [0.15, 0.2) is 5.69 Å². The van der Waals surface area contributed by atoms with Crippen LogP contribution in [-0.2, 0) is 6.54 Å². The molecule has 0 spiro atoms. The quantitative estimate of drug-likeness (QED) is 0.625. The van der Waals surface area contributed by atoms with Crippen molar-refractivity contribution >= 4 is 8.07 Å². The number of nitrogens with zero attached hydrogens (tertiary/aromatic N) is 3. The maximum Gasteiger partial charge on any atom is 0.154 e. The van der Waals surface area contributed by atoms with Crippen LogP contribution in [0.15, 0.2) is 36.5 Å². The van der Waals surface area contributed by atoms with Crippen LogP contribution in [0, 0.1) is 11.5 Å². The van der Waals surface area contributed by atoms with Crippen LogP contribution in [0.1, 0.15) is 32.0 Å². The van der Waals surface area contributed by atoms with Crippen LogP contribution in [0.25, 0.3) is 0 Å². The van der Waals surface area contributed by atoms with Gasteiger partial charge in [-0.25, -0.2) is 4.68 Å². The molecule has 0 unspecified atom stereocenters. The lowest BCUT2D eigenvalue weighted by atomic mass is 10.2. The number of benzene rings is 1. The van der Waals surface area contributed by atoms with Gasteiger partial charge in [0.05, 0.1) is 12.7 Å². The lowest BCUT2D eigenvalue weighted by molar-refractivity contribution is 0.649. The minimum Gasteiger partial charge on any atom is -0.247 e. The standard InChI is InChI=1S/C17H23N3Si/c1-17(2,3)21(4,5)12-11-16-14-20(19-18-16)13-15-9-7-6-8-10-15/h6-10,14H,13H2,1-5H3. The van der Waals surface area contributed by atoms with Crippen LogP contribution < -0.4 is 0 Å². The van der Waals surface area contributed by atoms with Crippen LogP contribution in [-0.4, -0.2) is 23.1 Å². The molecule has 21 heavy (non-hydrogen) atoms. The summed E-state index contributed by atoms with van der Waals surface area (Å²) in [5.41, 5.74) is 5.44. The molecule has 0 bridgehead atoms. The molecule has 110 valence electrons. The van der Waals surface area contributed by atoms with Crippen molar-refractivity contribution in [2.75, 3.05) is 0 Å². The average molecular weight is 297 g/mol. The number of hydrogen-bond donors (Lipinski definition) is 0. The summed E-state index contributed by atoms with van der Waals surface area (Å²) in [4.78, 5) is 0. The largest absolute Gasteiger partial charge is 0.247 e. The van der Waals surface area contributed by atoms with Gasteiger partial charge in [0.1, 0.15) is 8.07 Å². The Hall–Kier alpha value is -1.86. The number of hydrogen-bond acceptors (Lipinski definition) is 2. The molecule has 1 aromatic carbocycles. The van der Waals surface area contributed by atoms with Crippen molar-refractivity contribution in [3.05, 3.63) is 47.8 Å². The Morgan fingerprint density at radius 1 is 1.14 bits per heavy atom. The molecule has 4 heteroatoms. The van der Waals surface area contributed by atoms with Gasteiger partial charge in [-0.15, -0.1) is 10.6 Å².